The molecule has 3 saturated carbocycles. The van der Waals surface area contributed by atoms with Crippen molar-refractivity contribution >= 4 is 22.9 Å². The molecule has 1 aliphatic heterocycles. The number of H-pyrrole nitrogens is 1. The molecule has 11 nitrogen and oxygen atoms in total. The standard InChI is InChI=1S/C28H40N8O3/c1-16-9-11-18(12-10-16)15-36-22-23(29-17(2)19-5-3-6-19)30-25(26-33-28(37)39-34-26)31-24(22)32-27(36)35-13-14-38-21-8-4-7-20(21)35/h16-21H,3-15H2,1-2H3,(H,29,30,31)(H,33,34,37)/t16?,17-,18?,20?,21?/m1/s1. The fraction of sp³-hybridized carbons (Fsp3) is 0.750. The van der Waals surface area contributed by atoms with E-state index in [1.165, 1.54) is 51.4 Å². The van der Waals surface area contributed by atoms with Crippen molar-refractivity contribution in [2.24, 2.45) is 17.8 Å². The van der Waals surface area contributed by atoms with Crippen molar-refractivity contribution < 1.29 is 9.26 Å². The minimum atomic E-state index is -0.621. The molecule has 0 bridgehead atoms. The van der Waals surface area contributed by atoms with Gasteiger partial charge in [0, 0.05) is 19.1 Å². The number of rotatable bonds is 7. The Hall–Kier alpha value is -2.95. The van der Waals surface area contributed by atoms with Crippen LogP contribution in [0, 0.1) is 17.8 Å². The van der Waals surface area contributed by atoms with Crippen LogP contribution >= 0.6 is 0 Å². The zero-order valence-corrected chi connectivity index (χ0v) is 23.1. The molecule has 4 heterocycles. The summed E-state index contributed by atoms with van der Waals surface area (Å²) < 4.78 is 13.4. The molecule has 7 rings (SSSR count). The highest BCUT2D eigenvalue weighted by Crippen LogP contribution is 2.39. The lowest BCUT2D eigenvalue weighted by molar-refractivity contribution is 0.0247. The molecule has 2 N–H and O–H groups in total. The Morgan fingerprint density at radius 1 is 1.05 bits per heavy atom. The topological polar surface area (TPSA) is 127 Å². The zero-order chi connectivity index (χ0) is 26.5. The number of ether oxygens (including phenoxy) is 1. The van der Waals surface area contributed by atoms with Crippen LogP contribution in [-0.4, -0.2) is 61.0 Å². The number of anilines is 2. The first kappa shape index (κ1) is 25.0. The van der Waals surface area contributed by atoms with Gasteiger partial charge in [-0.3, -0.25) is 9.51 Å². The number of aromatic amines is 1. The maximum atomic E-state index is 11.7. The summed E-state index contributed by atoms with van der Waals surface area (Å²) in [6.45, 7) is 7.06. The monoisotopic (exact) mass is 536 g/mol. The largest absolute Gasteiger partial charge is 0.439 e. The van der Waals surface area contributed by atoms with Crippen molar-refractivity contribution in [3.05, 3.63) is 10.6 Å². The molecule has 0 aromatic carbocycles. The molecular formula is C28H40N8O3. The Bertz CT molecular complexity index is 1370. The number of hydrogen-bond acceptors (Lipinski definition) is 9. The summed E-state index contributed by atoms with van der Waals surface area (Å²) in [7, 11) is 0. The van der Waals surface area contributed by atoms with E-state index in [1.54, 1.807) is 0 Å². The van der Waals surface area contributed by atoms with Crippen LogP contribution in [0.3, 0.4) is 0 Å². The van der Waals surface area contributed by atoms with Crippen molar-refractivity contribution in [3.8, 4) is 11.6 Å². The first-order valence-corrected chi connectivity index (χ1v) is 15.0. The van der Waals surface area contributed by atoms with Crippen LogP contribution in [0.15, 0.2) is 9.32 Å². The number of nitrogens with one attached hydrogen (secondary N) is 2. The predicted molar refractivity (Wildman–Crippen MR) is 148 cm³/mol. The molecule has 2 unspecified atom stereocenters. The average Bonchev–Trinajstić information content (AvgIpc) is 3.63. The summed E-state index contributed by atoms with van der Waals surface area (Å²) in [6, 6.07) is 0.608. The van der Waals surface area contributed by atoms with E-state index in [-0.39, 0.29) is 18.0 Å². The smallest absolute Gasteiger partial charge is 0.374 e. The van der Waals surface area contributed by atoms with Crippen molar-refractivity contribution in [3.63, 3.8) is 0 Å². The van der Waals surface area contributed by atoms with Gasteiger partial charge in [0.05, 0.1) is 18.8 Å². The molecule has 4 aliphatic rings. The van der Waals surface area contributed by atoms with Gasteiger partial charge in [0.2, 0.25) is 17.6 Å². The van der Waals surface area contributed by atoms with Gasteiger partial charge in [-0.2, -0.15) is 4.98 Å². The Kier molecular flexibility index (Phi) is 6.57. The Morgan fingerprint density at radius 2 is 1.87 bits per heavy atom. The SMILES string of the molecule is CC1CCC(Cn2c(N3CCOC4CCCC43)nc3nc(-c4noc(=O)[nH]4)nc(N[C@H](C)C4CCC4)c32)CC1. The second-order valence-electron chi connectivity index (χ2n) is 12.4. The Labute approximate surface area is 228 Å². The summed E-state index contributed by atoms with van der Waals surface area (Å²) in [4.78, 5) is 31.8. The van der Waals surface area contributed by atoms with Gasteiger partial charge in [0.15, 0.2) is 11.5 Å². The third-order valence-corrected chi connectivity index (χ3v) is 9.77. The number of aromatic nitrogens is 6. The van der Waals surface area contributed by atoms with E-state index in [0.717, 1.165) is 49.1 Å². The predicted octanol–water partition coefficient (Wildman–Crippen LogP) is 4.35. The minimum Gasteiger partial charge on any atom is -0.374 e. The van der Waals surface area contributed by atoms with Crippen molar-refractivity contribution in [2.75, 3.05) is 23.4 Å². The molecule has 3 aromatic rings. The minimum absolute atomic E-state index is 0.223. The molecule has 39 heavy (non-hydrogen) atoms. The lowest BCUT2D eigenvalue weighted by Gasteiger charge is -2.39. The van der Waals surface area contributed by atoms with Gasteiger partial charge in [-0.25, -0.2) is 14.8 Å². The summed E-state index contributed by atoms with van der Waals surface area (Å²) in [6.07, 6.45) is 12.4. The van der Waals surface area contributed by atoms with E-state index in [2.05, 4.69) is 38.8 Å². The van der Waals surface area contributed by atoms with Crippen LogP contribution in [0.2, 0.25) is 0 Å². The molecule has 3 aromatic heterocycles. The lowest BCUT2D eigenvalue weighted by atomic mass is 9.80. The molecule has 0 spiro atoms. The third-order valence-electron chi connectivity index (χ3n) is 9.77. The Balaban J connectivity index is 1.36. The van der Waals surface area contributed by atoms with Crippen molar-refractivity contribution in [1.82, 2.24) is 29.7 Å². The van der Waals surface area contributed by atoms with Crippen LogP contribution in [0.4, 0.5) is 11.8 Å². The molecule has 11 heteroatoms. The van der Waals surface area contributed by atoms with Gasteiger partial charge >= 0.3 is 5.76 Å². The molecule has 4 fully saturated rings. The van der Waals surface area contributed by atoms with Crippen LogP contribution in [0.25, 0.3) is 22.8 Å². The highest BCUT2D eigenvalue weighted by atomic mass is 16.5. The first-order chi connectivity index (χ1) is 19.0. The van der Waals surface area contributed by atoms with Gasteiger partial charge < -0.3 is 19.5 Å². The molecule has 210 valence electrons. The molecule has 1 saturated heterocycles. The zero-order valence-electron chi connectivity index (χ0n) is 23.1. The number of nitrogens with zero attached hydrogens (tertiary/aromatic N) is 6. The number of morpholine rings is 1. The van der Waals surface area contributed by atoms with Crippen LogP contribution in [-0.2, 0) is 11.3 Å². The van der Waals surface area contributed by atoms with Gasteiger partial charge in [0.25, 0.3) is 0 Å². The molecule has 0 amide bonds. The third kappa shape index (κ3) is 4.72. The van der Waals surface area contributed by atoms with E-state index in [1.807, 2.05) is 0 Å². The quantitative estimate of drug-likeness (QED) is 0.453. The summed E-state index contributed by atoms with van der Waals surface area (Å²) in [5.41, 5.74) is 1.58. The highest BCUT2D eigenvalue weighted by molar-refractivity contribution is 5.87. The fourth-order valence-corrected chi connectivity index (χ4v) is 7.17. The van der Waals surface area contributed by atoms with Crippen molar-refractivity contribution in [1.29, 1.82) is 0 Å². The second kappa shape index (κ2) is 10.2. The van der Waals surface area contributed by atoms with Gasteiger partial charge in [-0.05, 0) is 69.6 Å². The van der Waals surface area contributed by atoms with Crippen LogP contribution in [0.5, 0.6) is 0 Å². The maximum Gasteiger partial charge on any atom is 0.439 e. The van der Waals surface area contributed by atoms with E-state index in [0.29, 0.717) is 36.0 Å². The van der Waals surface area contributed by atoms with E-state index in [4.69, 9.17) is 24.2 Å². The summed E-state index contributed by atoms with van der Waals surface area (Å²) in [5, 5.41) is 7.63. The van der Waals surface area contributed by atoms with E-state index >= 15 is 0 Å². The van der Waals surface area contributed by atoms with Crippen LogP contribution < -0.4 is 16.0 Å². The maximum absolute atomic E-state index is 11.7. The first-order valence-electron chi connectivity index (χ1n) is 15.0. The van der Waals surface area contributed by atoms with Gasteiger partial charge in [-0.15, -0.1) is 0 Å². The van der Waals surface area contributed by atoms with Crippen LogP contribution in [0.1, 0.15) is 78.1 Å². The van der Waals surface area contributed by atoms with Crippen molar-refractivity contribution in [2.45, 2.75) is 103 Å². The molecule has 3 atom stereocenters. The van der Waals surface area contributed by atoms with Gasteiger partial charge in [-0.1, -0.05) is 31.3 Å². The highest BCUT2D eigenvalue weighted by Gasteiger charge is 2.39. The lowest BCUT2D eigenvalue weighted by Crippen LogP contribution is -2.49. The number of fused-ring (bicyclic) bond motifs is 2. The molecular weight excluding hydrogens is 496 g/mol. The molecule has 0 radical (unpaired) electrons. The summed E-state index contributed by atoms with van der Waals surface area (Å²) in [5.74, 6) is 3.68. The second-order valence-corrected chi connectivity index (χ2v) is 12.4. The van der Waals surface area contributed by atoms with E-state index in [9.17, 15) is 4.79 Å². The molecule has 3 aliphatic carbocycles. The Morgan fingerprint density at radius 3 is 2.62 bits per heavy atom. The normalized spacial score (nSPS) is 28.4. The fourth-order valence-electron chi connectivity index (χ4n) is 7.17. The average molecular weight is 537 g/mol. The summed E-state index contributed by atoms with van der Waals surface area (Å²) >= 11 is 0. The van der Waals surface area contributed by atoms with Gasteiger partial charge in [0.1, 0.15) is 5.52 Å². The number of hydrogen-bond donors (Lipinski definition) is 2. The number of imidazole rings is 1. The van der Waals surface area contributed by atoms with E-state index < -0.39 is 5.76 Å².